The molecule has 2 N–H and O–H groups in total. The van der Waals surface area contributed by atoms with Crippen LogP contribution < -0.4 is 5.32 Å². The Labute approximate surface area is 144 Å². The number of β-amino-alcohol motifs (C(OH)–C–C–N with tert-alkyl or cyclic N) is 1. The predicted octanol–water partition coefficient (Wildman–Crippen LogP) is 2.67. The fourth-order valence-electron chi connectivity index (χ4n) is 4.50. The number of carbonyl (C=O) groups excluding carboxylic acids is 1. The highest BCUT2D eigenvalue weighted by atomic mass is 19.4. The van der Waals surface area contributed by atoms with Crippen molar-refractivity contribution in [3.05, 3.63) is 35.4 Å². The summed E-state index contributed by atoms with van der Waals surface area (Å²) in [5.74, 6) is 1.37. The van der Waals surface area contributed by atoms with Crippen LogP contribution in [0.15, 0.2) is 24.3 Å². The number of urea groups is 1. The summed E-state index contributed by atoms with van der Waals surface area (Å²) in [4.78, 5) is 13.2. The standard InChI is InChI=1S/C18H21F3N2O2/c19-18(20,21)17(25)7-8-23(10-17)16(24)22-9-14-13-6-5-11-3-1-2-4-12(11)15(13)14/h1-4,13-15,25H,5-10H2,(H,22,24)/t13-,14+,15-,17-/m0/s1. The smallest absolute Gasteiger partial charge is 0.379 e. The number of fused-ring (bicyclic) bond motifs is 3. The molecule has 0 radical (unpaired) electrons. The van der Waals surface area contributed by atoms with E-state index in [4.69, 9.17) is 0 Å². The number of alkyl halides is 3. The summed E-state index contributed by atoms with van der Waals surface area (Å²) in [6.07, 6.45) is -3.03. The molecule has 1 heterocycles. The Bertz CT molecular complexity index is 693. The van der Waals surface area contributed by atoms with Crippen LogP contribution in [0.25, 0.3) is 0 Å². The Morgan fingerprint density at radius 2 is 2.12 bits per heavy atom. The van der Waals surface area contributed by atoms with Crippen LogP contribution in [-0.4, -0.2) is 47.4 Å². The van der Waals surface area contributed by atoms with Crippen LogP contribution in [0, 0.1) is 11.8 Å². The van der Waals surface area contributed by atoms with E-state index in [1.54, 1.807) is 0 Å². The van der Waals surface area contributed by atoms with Crippen molar-refractivity contribution in [2.24, 2.45) is 11.8 Å². The number of nitrogens with zero attached hydrogens (tertiary/aromatic N) is 1. The highest BCUT2D eigenvalue weighted by molar-refractivity contribution is 5.74. The predicted molar refractivity (Wildman–Crippen MR) is 85.1 cm³/mol. The highest BCUT2D eigenvalue weighted by Crippen LogP contribution is 2.59. The number of aliphatic hydroxyl groups is 1. The Hall–Kier alpha value is -1.76. The van der Waals surface area contributed by atoms with E-state index in [0.717, 1.165) is 17.7 Å². The number of aryl methyl sites for hydroxylation is 1. The van der Waals surface area contributed by atoms with Crippen molar-refractivity contribution in [3.8, 4) is 0 Å². The Morgan fingerprint density at radius 1 is 1.36 bits per heavy atom. The first kappa shape index (κ1) is 16.7. The molecule has 0 aromatic heterocycles. The van der Waals surface area contributed by atoms with Gasteiger partial charge in [0, 0.05) is 19.5 Å². The van der Waals surface area contributed by atoms with E-state index in [2.05, 4.69) is 17.4 Å². The van der Waals surface area contributed by atoms with Crippen LogP contribution in [-0.2, 0) is 6.42 Å². The minimum atomic E-state index is -4.71. The molecule has 1 saturated carbocycles. The fourth-order valence-corrected chi connectivity index (χ4v) is 4.50. The summed E-state index contributed by atoms with van der Waals surface area (Å²) in [6, 6.07) is 7.82. The maximum absolute atomic E-state index is 12.8. The number of carbonyl (C=O) groups is 1. The molecule has 1 aromatic carbocycles. The molecule has 2 amide bonds. The van der Waals surface area contributed by atoms with Gasteiger partial charge in [-0.3, -0.25) is 0 Å². The number of benzene rings is 1. The number of rotatable bonds is 2. The van der Waals surface area contributed by atoms with Crippen molar-refractivity contribution in [3.63, 3.8) is 0 Å². The second-order valence-electron chi connectivity index (χ2n) is 7.48. The van der Waals surface area contributed by atoms with Crippen molar-refractivity contribution < 1.29 is 23.1 Å². The molecule has 0 spiro atoms. The van der Waals surface area contributed by atoms with Gasteiger partial charge in [-0.25, -0.2) is 4.79 Å². The molecule has 1 saturated heterocycles. The Morgan fingerprint density at radius 3 is 2.84 bits per heavy atom. The zero-order chi connectivity index (χ0) is 17.8. The number of nitrogens with one attached hydrogen (secondary N) is 1. The van der Waals surface area contributed by atoms with E-state index in [0.29, 0.717) is 24.3 Å². The topological polar surface area (TPSA) is 52.6 Å². The zero-order valence-electron chi connectivity index (χ0n) is 13.7. The second kappa shape index (κ2) is 5.62. The van der Waals surface area contributed by atoms with Gasteiger partial charge in [0.25, 0.3) is 0 Å². The van der Waals surface area contributed by atoms with Gasteiger partial charge < -0.3 is 15.3 Å². The van der Waals surface area contributed by atoms with E-state index in [-0.39, 0.29) is 6.54 Å². The average molecular weight is 354 g/mol. The monoisotopic (exact) mass is 354 g/mol. The molecule has 25 heavy (non-hydrogen) atoms. The molecule has 4 nitrogen and oxygen atoms in total. The molecule has 1 aromatic rings. The van der Waals surface area contributed by atoms with Crippen molar-refractivity contribution in [2.45, 2.75) is 37.0 Å². The third-order valence-electron chi connectivity index (χ3n) is 6.04. The quantitative estimate of drug-likeness (QED) is 0.858. The first-order valence-electron chi connectivity index (χ1n) is 8.70. The van der Waals surface area contributed by atoms with Crippen molar-refractivity contribution in [1.82, 2.24) is 10.2 Å². The summed E-state index contributed by atoms with van der Waals surface area (Å²) < 4.78 is 38.5. The van der Waals surface area contributed by atoms with Gasteiger partial charge in [0.05, 0.1) is 6.54 Å². The first-order chi connectivity index (χ1) is 11.8. The van der Waals surface area contributed by atoms with Gasteiger partial charge in [0.1, 0.15) is 0 Å². The minimum Gasteiger partial charge on any atom is -0.379 e. The van der Waals surface area contributed by atoms with Crippen LogP contribution >= 0.6 is 0 Å². The maximum Gasteiger partial charge on any atom is 0.419 e. The number of likely N-dealkylation sites (tertiary alicyclic amines) is 1. The number of amides is 2. The molecule has 4 atom stereocenters. The first-order valence-corrected chi connectivity index (χ1v) is 8.70. The lowest BCUT2D eigenvalue weighted by Crippen LogP contribution is -2.49. The Kier molecular flexibility index (Phi) is 3.76. The normalized spacial score (nSPS) is 33.6. The molecule has 4 rings (SSSR count). The van der Waals surface area contributed by atoms with E-state index < -0.39 is 30.8 Å². The molecule has 0 unspecified atom stereocenters. The third-order valence-corrected chi connectivity index (χ3v) is 6.04. The molecule has 136 valence electrons. The summed E-state index contributed by atoms with van der Waals surface area (Å²) >= 11 is 0. The van der Waals surface area contributed by atoms with Gasteiger partial charge in [-0.05, 0) is 41.7 Å². The summed E-state index contributed by atoms with van der Waals surface area (Å²) in [5, 5.41) is 12.4. The van der Waals surface area contributed by atoms with Gasteiger partial charge >= 0.3 is 12.2 Å². The largest absolute Gasteiger partial charge is 0.419 e. The van der Waals surface area contributed by atoms with Crippen LogP contribution in [0.5, 0.6) is 0 Å². The lowest BCUT2D eigenvalue weighted by atomic mass is 9.92. The molecule has 1 aliphatic heterocycles. The number of hydrogen-bond acceptors (Lipinski definition) is 2. The van der Waals surface area contributed by atoms with Crippen LogP contribution in [0.1, 0.15) is 29.9 Å². The van der Waals surface area contributed by atoms with Crippen molar-refractivity contribution in [2.75, 3.05) is 19.6 Å². The van der Waals surface area contributed by atoms with Crippen molar-refractivity contribution >= 4 is 6.03 Å². The van der Waals surface area contributed by atoms with E-state index in [1.807, 2.05) is 12.1 Å². The SMILES string of the molecule is O=C(NC[C@@H]1[C@@H]2CCc3ccccc3[C@H]12)N1CC[C@@](O)(C(F)(F)F)C1. The van der Waals surface area contributed by atoms with Gasteiger partial charge in [-0.2, -0.15) is 13.2 Å². The summed E-state index contributed by atoms with van der Waals surface area (Å²) in [5.41, 5.74) is -0.0606. The third kappa shape index (κ3) is 2.78. The average Bonchev–Trinajstić information content (AvgIpc) is 3.14. The molecule has 3 aliphatic rings. The fraction of sp³-hybridized carbons (Fsp3) is 0.611. The summed E-state index contributed by atoms with van der Waals surface area (Å²) in [6.45, 7) is -0.297. The lowest BCUT2D eigenvalue weighted by Gasteiger charge is -2.26. The number of halogens is 3. The number of hydrogen-bond donors (Lipinski definition) is 2. The molecule has 0 bridgehead atoms. The molecular weight excluding hydrogens is 333 g/mol. The van der Waals surface area contributed by atoms with Gasteiger partial charge in [0.2, 0.25) is 0 Å². The van der Waals surface area contributed by atoms with E-state index >= 15 is 0 Å². The van der Waals surface area contributed by atoms with Crippen molar-refractivity contribution in [1.29, 1.82) is 0 Å². The van der Waals surface area contributed by atoms with Crippen LogP contribution in [0.4, 0.5) is 18.0 Å². The lowest BCUT2D eigenvalue weighted by molar-refractivity contribution is -0.253. The molecular formula is C18H21F3N2O2. The molecule has 2 fully saturated rings. The maximum atomic E-state index is 12.8. The molecule has 7 heteroatoms. The van der Waals surface area contributed by atoms with Gasteiger partial charge in [0.15, 0.2) is 5.60 Å². The minimum absolute atomic E-state index is 0.0812. The summed E-state index contributed by atoms with van der Waals surface area (Å²) in [7, 11) is 0. The second-order valence-corrected chi connectivity index (χ2v) is 7.48. The highest BCUT2D eigenvalue weighted by Gasteiger charge is 2.58. The van der Waals surface area contributed by atoms with Crippen LogP contribution in [0.3, 0.4) is 0 Å². The van der Waals surface area contributed by atoms with Crippen LogP contribution in [0.2, 0.25) is 0 Å². The molecule has 2 aliphatic carbocycles. The van der Waals surface area contributed by atoms with Gasteiger partial charge in [-0.15, -0.1) is 0 Å². The Balaban J connectivity index is 1.33. The van der Waals surface area contributed by atoms with E-state index in [1.165, 1.54) is 11.1 Å². The zero-order valence-corrected chi connectivity index (χ0v) is 13.7. The van der Waals surface area contributed by atoms with Gasteiger partial charge in [-0.1, -0.05) is 24.3 Å². The van der Waals surface area contributed by atoms with E-state index in [9.17, 15) is 23.1 Å².